The average molecular weight is 352 g/mol. The molecule has 0 saturated carbocycles. The van der Waals surface area contributed by atoms with Crippen LogP contribution in [-0.2, 0) is 0 Å². The lowest BCUT2D eigenvalue weighted by molar-refractivity contribution is 0.0695. The van der Waals surface area contributed by atoms with Crippen molar-refractivity contribution in [2.75, 3.05) is 13.1 Å². The number of carboxylic acids is 1. The number of piperidine rings is 1. The molecule has 1 aliphatic rings. The predicted molar refractivity (Wildman–Crippen MR) is 83.3 cm³/mol. The van der Waals surface area contributed by atoms with E-state index < -0.39 is 23.5 Å². The topological polar surface area (TPSA) is 70.5 Å². The summed E-state index contributed by atoms with van der Waals surface area (Å²) in [7, 11) is 0. The molecule has 0 atom stereocenters. The molecule has 0 spiro atoms. The number of benzene rings is 1. The number of rotatable bonds is 3. The Labute approximate surface area is 140 Å². The Bertz CT molecular complexity index is 785. The molecule has 1 aliphatic heterocycles. The van der Waals surface area contributed by atoms with Crippen molar-refractivity contribution in [2.24, 2.45) is 0 Å². The largest absolute Gasteiger partial charge is 0.477 e. The number of hydrogen-bond acceptors (Lipinski definition) is 4. The van der Waals surface area contributed by atoms with Gasteiger partial charge >= 0.3 is 5.97 Å². The van der Waals surface area contributed by atoms with E-state index in [2.05, 4.69) is 4.98 Å². The highest BCUT2D eigenvalue weighted by Gasteiger charge is 2.28. The third-order valence-corrected chi connectivity index (χ3v) is 5.17. The van der Waals surface area contributed by atoms with Crippen molar-refractivity contribution < 1.29 is 23.5 Å². The molecule has 8 heteroatoms. The molecular weight excluding hydrogens is 338 g/mol. The zero-order valence-electron chi connectivity index (χ0n) is 12.5. The fourth-order valence-corrected chi connectivity index (χ4v) is 3.66. The van der Waals surface area contributed by atoms with Crippen LogP contribution in [0.5, 0.6) is 0 Å². The highest BCUT2D eigenvalue weighted by Crippen LogP contribution is 2.31. The Morgan fingerprint density at radius 3 is 2.58 bits per heavy atom. The number of likely N-dealkylation sites (tertiary alicyclic amines) is 1. The summed E-state index contributed by atoms with van der Waals surface area (Å²) in [4.78, 5) is 29.1. The first kappa shape index (κ1) is 16.5. The third kappa shape index (κ3) is 3.28. The molecule has 126 valence electrons. The lowest BCUT2D eigenvalue weighted by Gasteiger charge is -2.31. The molecule has 0 unspecified atom stereocenters. The van der Waals surface area contributed by atoms with Gasteiger partial charge in [0.15, 0.2) is 0 Å². The van der Waals surface area contributed by atoms with Crippen LogP contribution in [0.1, 0.15) is 43.8 Å². The molecule has 1 amide bonds. The van der Waals surface area contributed by atoms with Crippen LogP contribution in [0.25, 0.3) is 0 Å². The molecule has 2 heterocycles. The van der Waals surface area contributed by atoms with Crippen molar-refractivity contribution in [1.29, 1.82) is 0 Å². The summed E-state index contributed by atoms with van der Waals surface area (Å²) in [6.07, 6.45) is 2.55. The summed E-state index contributed by atoms with van der Waals surface area (Å²) < 4.78 is 27.0. The summed E-state index contributed by atoms with van der Waals surface area (Å²) in [5, 5.41) is 9.67. The van der Waals surface area contributed by atoms with Gasteiger partial charge in [0.25, 0.3) is 5.91 Å². The molecular formula is C16H14F2N2O3S. The van der Waals surface area contributed by atoms with Gasteiger partial charge in [-0.25, -0.2) is 18.6 Å². The number of aromatic carboxylic acids is 1. The molecule has 0 radical (unpaired) electrons. The minimum absolute atomic E-state index is 0.0736. The summed E-state index contributed by atoms with van der Waals surface area (Å²) in [6.45, 7) is 0.781. The van der Waals surface area contributed by atoms with E-state index >= 15 is 0 Å². The number of halogens is 2. The summed E-state index contributed by atoms with van der Waals surface area (Å²) in [5.74, 6) is -2.86. The summed E-state index contributed by atoms with van der Waals surface area (Å²) in [5.41, 5.74) is -0.268. The van der Waals surface area contributed by atoms with Crippen LogP contribution in [0.15, 0.2) is 24.4 Å². The van der Waals surface area contributed by atoms with Gasteiger partial charge in [-0.3, -0.25) is 4.79 Å². The Morgan fingerprint density at radius 1 is 1.25 bits per heavy atom. The van der Waals surface area contributed by atoms with Gasteiger partial charge in [0.2, 0.25) is 0 Å². The summed E-state index contributed by atoms with van der Waals surface area (Å²) in [6, 6.07) is 2.82. The van der Waals surface area contributed by atoms with Crippen LogP contribution in [0.3, 0.4) is 0 Å². The van der Waals surface area contributed by atoms with Gasteiger partial charge in [-0.15, -0.1) is 11.3 Å². The van der Waals surface area contributed by atoms with Gasteiger partial charge in [0, 0.05) is 19.0 Å². The van der Waals surface area contributed by atoms with Gasteiger partial charge in [-0.1, -0.05) is 0 Å². The van der Waals surface area contributed by atoms with E-state index in [9.17, 15) is 18.4 Å². The number of amides is 1. The lowest BCUT2D eigenvalue weighted by Crippen LogP contribution is -2.38. The van der Waals surface area contributed by atoms with Crippen LogP contribution < -0.4 is 0 Å². The SMILES string of the molecule is O=C(O)c1cnc(C2CCN(C(=O)c3cc(F)ccc3F)CC2)s1. The standard InChI is InChI=1S/C16H14F2N2O3S/c17-10-1-2-12(18)11(7-10)15(21)20-5-3-9(4-6-20)14-19-8-13(24-14)16(22)23/h1-2,7-9H,3-6H2,(H,22,23). The van der Waals surface area contributed by atoms with Crippen molar-refractivity contribution in [3.8, 4) is 0 Å². The number of hydrogen-bond donors (Lipinski definition) is 1. The second-order valence-corrected chi connectivity index (χ2v) is 6.62. The highest BCUT2D eigenvalue weighted by atomic mass is 32.1. The normalized spacial score (nSPS) is 15.5. The molecule has 1 fully saturated rings. The van der Waals surface area contributed by atoms with Crippen LogP contribution >= 0.6 is 11.3 Å². The monoisotopic (exact) mass is 352 g/mol. The number of carboxylic acid groups (broad SMARTS) is 1. The maximum absolute atomic E-state index is 13.7. The molecule has 2 aromatic rings. The first-order valence-corrected chi connectivity index (χ1v) is 8.20. The Hall–Kier alpha value is -2.35. The molecule has 1 N–H and O–H groups in total. The fraction of sp³-hybridized carbons (Fsp3) is 0.312. The maximum Gasteiger partial charge on any atom is 0.347 e. The van der Waals surface area contributed by atoms with Crippen LogP contribution in [0.2, 0.25) is 0 Å². The molecule has 1 saturated heterocycles. The van der Waals surface area contributed by atoms with Crippen molar-refractivity contribution in [3.63, 3.8) is 0 Å². The van der Waals surface area contributed by atoms with Gasteiger partial charge in [-0.05, 0) is 31.0 Å². The Morgan fingerprint density at radius 2 is 1.96 bits per heavy atom. The van der Waals surface area contributed by atoms with Crippen molar-refractivity contribution in [1.82, 2.24) is 9.88 Å². The van der Waals surface area contributed by atoms with E-state index in [1.807, 2.05) is 0 Å². The first-order chi connectivity index (χ1) is 11.5. The number of nitrogens with zero attached hydrogens (tertiary/aromatic N) is 2. The van der Waals surface area contributed by atoms with E-state index in [0.29, 0.717) is 25.9 Å². The second-order valence-electron chi connectivity index (χ2n) is 5.56. The van der Waals surface area contributed by atoms with Crippen LogP contribution in [0.4, 0.5) is 8.78 Å². The van der Waals surface area contributed by atoms with Gasteiger partial charge in [0.1, 0.15) is 16.5 Å². The van der Waals surface area contributed by atoms with E-state index in [-0.39, 0.29) is 16.4 Å². The van der Waals surface area contributed by atoms with Gasteiger partial charge < -0.3 is 10.0 Å². The van der Waals surface area contributed by atoms with Crippen molar-refractivity contribution in [2.45, 2.75) is 18.8 Å². The van der Waals surface area contributed by atoms with Crippen LogP contribution in [-0.4, -0.2) is 40.0 Å². The molecule has 5 nitrogen and oxygen atoms in total. The number of aromatic nitrogens is 1. The van der Waals surface area contributed by atoms with Gasteiger partial charge in [-0.2, -0.15) is 0 Å². The van der Waals surface area contributed by atoms with E-state index in [4.69, 9.17) is 5.11 Å². The first-order valence-electron chi connectivity index (χ1n) is 7.39. The average Bonchev–Trinajstić information content (AvgIpc) is 3.07. The second kappa shape index (κ2) is 6.64. The van der Waals surface area contributed by atoms with E-state index in [1.165, 1.54) is 11.1 Å². The Balaban J connectivity index is 1.67. The molecule has 24 heavy (non-hydrogen) atoms. The smallest absolute Gasteiger partial charge is 0.347 e. The number of carbonyl (C=O) groups excluding carboxylic acids is 1. The third-order valence-electron chi connectivity index (χ3n) is 4.02. The molecule has 1 aromatic carbocycles. The quantitative estimate of drug-likeness (QED) is 0.921. The lowest BCUT2D eigenvalue weighted by atomic mass is 9.97. The van der Waals surface area contributed by atoms with Gasteiger partial charge in [0.05, 0.1) is 16.8 Å². The van der Waals surface area contributed by atoms with Crippen molar-refractivity contribution in [3.05, 3.63) is 51.5 Å². The molecule has 1 aromatic heterocycles. The summed E-state index contributed by atoms with van der Waals surface area (Å²) >= 11 is 1.13. The molecule has 3 rings (SSSR count). The number of thiazole rings is 1. The fourth-order valence-electron chi connectivity index (χ4n) is 2.74. The molecule has 0 aliphatic carbocycles. The van der Waals surface area contributed by atoms with Crippen LogP contribution in [0, 0.1) is 11.6 Å². The molecule has 0 bridgehead atoms. The highest BCUT2D eigenvalue weighted by molar-refractivity contribution is 7.13. The predicted octanol–water partition coefficient (Wildman–Crippen LogP) is 3.14. The van der Waals surface area contributed by atoms with E-state index in [1.54, 1.807) is 0 Å². The maximum atomic E-state index is 13.7. The zero-order chi connectivity index (χ0) is 17.3. The van der Waals surface area contributed by atoms with Crippen molar-refractivity contribution >= 4 is 23.2 Å². The van der Waals surface area contributed by atoms with E-state index in [0.717, 1.165) is 34.5 Å². The Kier molecular flexibility index (Phi) is 4.57. The minimum atomic E-state index is -1.01. The zero-order valence-corrected chi connectivity index (χ0v) is 13.4. The number of carbonyl (C=O) groups is 2. The minimum Gasteiger partial charge on any atom is -0.477 e.